The molecule has 2 atom stereocenters. The van der Waals surface area contributed by atoms with Crippen LogP contribution >= 0.6 is 0 Å². The maximum Gasteiger partial charge on any atom is 0.245 e. The summed E-state index contributed by atoms with van der Waals surface area (Å²) >= 11 is 0. The number of nitrogens with zero attached hydrogens (tertiary/aromatic N) is 2. The lowest BCUT2D eigenvalue weighted by Crippen LogP contribution is -2.39. The van der Waals surface area contributed by atoms with Crippen molar-refractivity contribution in [3.8, 4) is 5.75 Å². The normalized spacial score (nSPS) is 20.4. The largest absolute Gasteiger partial charge is 0.497 e. The van der Waals surface area contributed by atoms with Crippen LogP contribution in [0.15, 0.2) is 53.4 Å². The van der Waals surface area contributed by atoms with Gasteiger partial charge >= 0.3 is 0 Å². The van der Waals surface area contributed by atoms with E-state index in [1.54, 1.807) is 55.3 Å². The molecule has 1 aliphatic heterocycles. The van der Waals surface area contributed by atoms with Gasteiger partial charge in [0.05, 0.1) is 12.0 Å². The molecule has 1 saturated heterocycles. The monoisotopic (exact) mass is 402 g/mol. The molecule has 0 radical (unpaired) electrons. The smallest absolute Gasteiger partial charge is 0.245 e. The van der Waals surface area contributed by atoms with Crippen molar-refractivity contribution in [3.05, 3.63) is 59.7 Å². The van der Waals surface area contributed by atoms with E-state index in [4.69, 9.17) is 4.74 Å². The number of ether oxygens (including phenoxy) is 1. The van der Waals surface area contributed by atoms with Crippen LogP contribution in [0.4, 0.5) is 0 Å². The Morgan fingerprint density at radius 3 is 2.25 bits per heavy atom. The number of amides is 1. The van der Waals surface area contributed by atoms with Gasteiger partial charge in [0.2, 0.25) is 15.9 Å². The molecule has 1 heterocycles. The van der Waals surface area contributed by atoms with Crippen molar-refractivity contribution < 1.29 is 17.9 Å². The fourth-order valence-corrected chi connectivity index (χ4v) is 5.22. The predicted molar refractivity (Wildman–Crippen MR) is 107 cm³/mol. The quantitative estimate of drug-likeness (QED) is 0.769. The lowest BCUT2D eigenvalue weighted by Gasteiger charge is -2.31. The highest BCUT2D eigenvalue weighted by Crippen LogP contribution is 2.38. The first kappa shape index (κ1) is 20.4. The van der Waals surface area contributed by atoms with Gasteiger partial charge in [0.25, 0.3) is 0 Å². The summed E-state index contributed by atoms with van der Waals surface area (Å²) < 4.78 is 33.5. The number of methoxy groups -OCH3 is 1. The Labute approximate surface area is 166 Å². The predicted octanol–water partition coefficient (Wildman–Crippen LogP) is 3.33. The highest BCUT2D eigenvalue weighted by atomic mass is 32.2. The van der Waals surface area contributed by atoms with Crippen LogP contribution in [0.2, 0.25) is 0 Å². The molecule has 6 nitrogen and oxygen atoms in total. The summed E-state index contributed by atoms with van der Waals surface area (Å²) in [6.07, 6.45) is -0.366. The van der Waals surface area contributed by atoms with E-state index in [1.165, 1.54) is 4.31 Å². The van der Waals surface area contributed by atoms with Crippen LogP contribution in [-0.4, -0.2) is 43.2 Å². The molecule has 0 saturated carbocycles. The molecule has 0 aliphatic carbocycles. The number of hydrogen-bond acceptors (Lipinski definition) is 4. The zero-order valence-electron chi connectivity index (χ0n) is 16.6. The summed E-state index contributed by atoms with van der Waals surface area (Å²) in [5.74, 6) is 0.603. The lowest BCUT2D eigenvalue weighted by atomic mass is 10.1. The number of aryl methyl sites for hydroxylation is 1. The number of carbonyl (C=O) groups excluding carboxylic acids is 1. The minimum absolute atomic E-state index is 0.0741. The number of benzene rings is 2. The highest BCUT2D eigenvalue weighted by Gasteiger charge is 2.46. The molecule has 1 aliphatic rings. The second kappa shape index (κ2) is 7.93. The minimum atomic E-state index is -3.77. The second-order valence-electron chi connectivity index (χ2n) is 7.04. The molecule has 1 amide bonds. The standard InChI is InChI=1S/C21H26N2O4S/c1-5-20(24)23-16(3)14-22(21(23)17-8-10-18(27-4)11-9-17)28(25,26)19-12-6-15(2)7-13-19/h6-13,16,21H,5,14H2,1-4H3/t16-,21+/m0/s1. The maximum atomic E-state index is 13.4. The van der Waals surface area contributed by atoms with Crippen molar-refractivity contribution in [2.75, 3.05) is 13.7 Å². The van der Waals surface area contributed by atoms with E-state index in [1.807, 2.05) is 26.0 Å². The zero-order valence-corrected chi connectivity index (χ0v) is 17.4. The van der Waals surface area contributed by atoms with Crippen LogP contribution < -0.4 is 4.74 Å². The van der Waals surface area contributed by atoms with Crippen LogP contribution in [0, 0.1) is 6.92 Å². The average Bonchev–Trinajstić information content (AvgIpc) is 3.05. The van der Waals surface area contributed by atoms with E-state index in [-0.39, 0.29) is 23.4 Å². The van der Waals surface area contributed by atoms with E-state index in [9.17, 15) is 13.2 Å². The number of rotatable bonds is 5. The molecule has 0 N–H and O–H groups in total. The molecule has 0 aromatic heterocycles. The van der Waals surface area contributed by atoms with E-state index in [0.29, 0.717) is 12.2 Å². The topological polar surface area (TPSA) is 66.9 Å². The van der Waals surface area contributed by atoms with Gasteiger partial charge in [-0.1, -0.05) is 36.8 Å². The summed E-state index contributed by atoms with van der Waals surface area (Å²) in [6.45, 7) is 5.83. The van der Waals surface area contributed by atoms with E-state index >= 15 is 0 Å². The molecule has 0 bridgehead atoms. The van der Waals surface area contributed by atoms with Gasteiger partial charge in [0.1, 0.15) is 11.9 Å². The molecule has 2 aromatic carbocycles. The summed E-state index contributed by atoms with van der Waals surface area (Å²) in [6, 6.07) is 13.8. The molecule has 1 fully saturated rings. The Bertz CT molecular complexity index is 939. The van der Waals surface area contributed by atoms with Crippen molar-refractivity contribution in [2.24, 2.45) is 0 Å². The molecule has 7 heteroatoms. The average molecular weight is 403 g/mol. The summed E-state index contributed by atoms with van der Waals surface area (Å²) in [5, 5.41) is 0. The molecular weight excluding hydrogens is 376 g/mol. The van der Waals surface area contributed by atoms with Crippen LogP contribution in [-0.2, 0) is 14.8 Å². The lowest BCUT2D eigenvalue weighted by molar-refractivity contribution is -0.134. The van der Waals surface area contributed by atoms with Gasteiger partial charge in [-0.15, -0.1) is 0 Å². The van der Waals surface area contributed by atoms with Crippen LogP contribution in [0.1, 0.15) is 37.6 Å². The summed E-state index contributed by atoms with van der Waals surface area (Å²) in [4.78, 5) is 14.6. The van der Waals surface area contributed by atoms with E-state index < -0.39 is 16.2 Å². The summed E-state index contributed by atoms with van der Waals surface area (Å²) in [5.41, 5.74) is 1.73. The van der Waals surface area contributed by atoms with Crippen molar-refractivity contribution >= 4 is 15.9 Å². The van der Waals surface area contributed by atoms with Crippen LogP contribution in [0.5, 0.6) is 5.75 Å². The fourth-order valence-electron chi connectivity index (χ4n) is 3.57. The highest BCUT2D eigenvalue weighted by molar-refractivity contribution is 7.89. The summed E-state index contributed by atoms with van der Waals surface area (Å²) in [7, 11) is -2.19. The molecular formula is C21H26N2O4S. The maximum absolute atomic E-state index is 13.4. The Morgan fingerprint density at radius 1 is 1.11 bits per heavy atom. The van der Waals surface area contributed by atoms with Gasteiger partial charge in [-0.25, -0.2) is 8.42 Å². The number of sulfonamides is 1. The minimum Gasteiger partial charge on any atom is -0.497 e. The molecule has 0 spiro atoms. The van der Waals surface area contributed by atoms with Crippen molar-refractivity contribution in [2.45, 2.75) is 44.3 Å². The molecule has 0 unspecified atom stereocenters. The Morgan fingerprint density at radius 2 is 1.71 bits per heavy atom. The van der Waals surface area contributed by atoms with Gasteiger partial charge in [0, 0.05) is 19.0 Å². The zero-order chi connectivity index (χ0) is 20.5. The number of hydrogen-bond donors (Lipinski definition) is 0. The van der Waals surface area contributed by atoms with Gasteiger partial charge in [-0.2, -0.15) is 4.31 Å². The fraction of sp³-hybridized carbons (Fsp3) is 0.381. The van der Waals surface area contributed by atoms with Gasteiger partial charge in [-0.05, 0) is 43.7 Å². The Hall–Kier alpha value is -2.38. The molecule has 150 valence electrons. The van der Waals surface area contributed by atoms with Gasteiger partial charge in [0.15, 0.2) is 0 Å². The third kappa shape index (κ3) is 3.64. The first-order valence-corrected chi connectivity index (χ1v) is 10.8. The molecule has 28 heavy (non-hydrogen) atoms. The van der Waals surface area contributed by atoms with Crippen molar-refractivity contribution in [3.63, 3.8) is 0 Å². The second-order valence-corrected chi connectivity index (χ2v) is 8.93. The third-order valence-corrected chi connectivity index (χ3v) is 6.92. The van der Waals surface area contributed by atoms with Crippen LogP contribution in [0.3, 0.4) is 0 Å². The van der Waals surface area contributed by atoms with Crippen molar-refractivity contribution in [1.82, 2.24) is 9.21 Å². The first-order valence-electron chi connectivity index (χ1n) is 9.33. The molecule has 2 aromatic rings. The van der Waals surface area contributed by atoms with E-state index in [0.717, 1.165) is 11.1 Å². The Kier molecular flexibility index (Phi) is 5.76. The van der Waals surface area contributed by atoms with Gasteiger partial charge < -0.3 is 9.64 Å². The third-order valence-electron chi connectivity index (χ3n) is 5.09. The van der Waals surface area contributed by atoms with Crippen molar-refractivity contribution in [1.29, 1.82) is 0 Å². The SMILES string of the molecule is CCC(=O)N1[C@@H](C)CN(S(=O)(=O)c2ccc(C)cc2)[C@H]1c1ccc(OC)cc1. The van der Waals surface area contributed by atoms with E-state index in [2.05, 4.69) is 0 Å². The number of carbonyl (C=O) groups is 1. The first-order chi connectivity index (χ1) is 13.3. The van der Waals surface area contributed by atoms with Crippen LogP contribution in [0.25, 0.3) is 0 Å². The Balaban J connectivity index is 2.09. The molecule has 3 rings (SSSR count). The van der Waals surface area contributed by atoms with Gasteiger partial charge in [-0.3, -0.25) is 4.79 Å².